The maximum atomic E-state index is 11.5. The van der Waals surface area contributed by atoms with Crippen LogP contribution in [0, 0.1) is 31.8 Å². The fourth-order valence-corrected chi connectivity index (χ4v) is 8.20. The third kappa shape index (κ3) is 15.0. The van der Waals surface area contributed by atoms with Crippen molar-refractivity contribution < 1.29 is 43.9 Å². The Hall–Kier alpha value is -7.04. The monoisotopic (exact) mass is 985 g/mol. The number of nitriles is 1. The first-order valence-corrected chi connectivity index (χ1v) is 23.2. The summed E-state index contributed by atoms with van der Waals surface area (Å²) in [6.45, 7) is 13.9. The zero-order valence-electron chi connectivity index (χ0n) is 39.0. The summed E-state index contributed by atoms with van der Waals surface area (Å²) in [6, 6.07) is 24.5. The number of Topliss-reactive ketones (excluding diaryl/α,β-unsaturated/α-hetero) is 1. The van der Waals surface area contributed by atoms with Crippen LogP contribution in [0.2, 0.25) is 10.0 Å². The number of ether oxygens (including phenoxy) is 4. The van der Waals surface area contributed by atoms with Gasteiger partial charge in [0.1, 0.15) is 61.3 Å². The summed E-state index contributed by atoms with van der Waals surface area (Å²) < 4.78 is 25.3. The summed E-state index contributed by atoms with van der Waals surface area (Å²) in [5.74, 6) is 0.576. The number of ketones is 1. The van der Waals surface area contributed by atoms with Crippen LogP contribution in [-0.4, -0.2) is 55.8 Å². The van der Waals surface area contributed by atoms with Gasteiger partial charge in [-0.05, 0) is 109 Å². The largest absolute Gasteiger partial charge is 0.488 e. The first-order valence-electron chi connectivity index (χ1n) is 22.5. The van der Waals surface area contributed by atoms with Gasteiger partial charge in [0.05, 0.1) is 40.8 Å². The van der Waals surface area contributed by atoms with Gasteiger partial charge >= 0.3 is 5.97 Å². The van der Waals surface area contributed by atoms with E-state index in [9.17, 15) is 25.1 Å². The molecule has 0 fully saturated rings. The number of carbonyl (C=O) groups is 2. The molecule has 4 aromatic carbocycles. The predicted octanol–water partition coefficient (Wildman–Crippen LogP) is 10.4. The molecule has 70 heavy (non-hydrogen) atoms. The van der Waals surface area contributed by atoms with Gasteiger partial charge in [-0.25, -0.2) is 4.85 Å². The molecule has 16 heteroatoms. The van der Waals surface area contributed by atoms with Gasteiger partial charge in [-0.15, -0.1) is 0 Å². The molecule has 4 N–H and O–H groups in total. The van der Waals surface area contributed by atoms with Crippen LogP contribution in [-0.2, 0) is 49.0 Å². The third-order valence-corrected chi connectivity index (χ3v) is 12.0. The highest BCUT2D eigenvalue weighted by Gasteiger charge is 2.18. The fourth-order valence-electron chi connectivity index (χ4n) is 7.72. The SMILES string of the molecule is [C-]#[N+]c1cncc(COc2cc(OCc3cccc(-c4cccc(COc5cc(OCc6cncc(C#N)c6)c(CNC[C@H](O)CC(C)=O)cc5Cl)c4C)c3C)c(Cl)cc2CCC[C@H](O)CC(=O)O)c1. The predicted molar refractivity (Wildman–Crippen MR) is 265 cm³/mol. The van der Waals surface area contributed by atoms with E-state index in [4.69, 9.17) is 53.8 Å². The molecule has 0 bridgehead atoms. The van der Waals surface area contributed by atoms with Crippen LogP contribution in [0.3, 0.4) is 0 Å². The molecule has 0 amide bonds. The summed E-state index contributed by atoms with van der Waals surface area (Å²) in [4.78, 5) is 34.3. The van der Waals surface area contributed by atoms with E-state index < -0.39 is 18.2 Å². The first kappa shape index (κ1) is 52.3. The molecule has 0 saturated heterocycles. The number of aryl methyl sites for hydroxylation is 1. The van der Waals surface area contributed by atoms with Crippen molar-refractivity contribution in [3.8, 4) is 40.2 Å². The maximum Gasteiger partial charge on any atom is 0.305 e. The van der Waals surface area contributed by atoms with Crippen molar-refractivity contribution in [1.82, 2.24) is 15.3 Å². The zero-order valence-corrected chi connectivity index (χ0v) is 40.5. The molecule has 0 saturated carbocycles. The highest BCUT2D eigenvalue weighted by molar-refractivity contribution is 6.32. The second-order valence-electron chi connectivity index (χ2n) is 16.8. The number of aromatic nitrogens is 2. The van der Waals surface area contributed by atoms with Crippen molar-refractivity contribution in [2.75, 3.05) is 6.54 Å². The van der Waals surface area contributed by atoms with Crippen molar-refractivity contribution in [1.29, 1.82) is 5.26 Å². The number of nitrogens with zero attached hydrogens (tertiary/aromatic N) is 4. The lowest BCUT2D eigenvalue weighted by Gasteiger charge is -2.19. The van der Waals surface area contributed by atoms with Crippen LogP contribution >= 0.6 is 23.2 Å². The van der Waals surface area contributed by atoms with E-state index >= 15 is 0 Å². The number of carboxylic acids is 1. The second kappa shape index (κ2) is 25.5. The smallest absolute Gasteiger partial charge is 0.305 e. The lowest BCUT2D eigenvalue weighted by atomic mass is 9.92. The Kier molecular flexibility index (Phi) is 19.1. The fraction of sp³-hybridized carbons (Fsp3) is 0.296. The van der Waals surface area contributed by atoms with Gasteiger partial charge < -0.3 is 39.6 Å². The van der Waals surface area contributed by atoms with E-state index in [0.29, 0.717) is 73.8 Å². The van der Waals surface area contributed by atoms with Crippen molar-refractivity contribution >= 4 is 40.6 Å². The van der Waals surface area contributed by atoms with Gasteiger partial charge in [-0.3, -0.25) is 19.6 Å². The Labute approximate surface area is 417 Å². The molecule has 14 nitrogen and oxygen atoms in total. The van der Waals surface area contributed by atoms with Gasteiger partial charge in [0.15, 0.2) is 0 Å². The van der Waals surface area contributed by atoms with E-state index in [1.165, 1.54) is 19.3 Å². The van der Waals surface area contributed by atoms with E-state index in [-0.39, 0.29) is 64.6 Å². The number of halogens is 2. The normalized spacial score (nSPS) is 11.8. The molecule has 2 atom stereocenters. The Morgan fingerprint density at radius 2 is 1.29 bits per heavy atom. The molecular weight excluding hydrogens is 934 g/mol. The number of aliphatic hydroxyl groups is 2. The number of carboxylic acid groups (broad SMARTS) is 1. The van der Waals surface area contributed by atoms with Crippen LogP contribution in [0.15, 0.2) is 97.6 Å². The lowest BCUT2D eigenvalue weighted by Crippen LogP contribution is -2.28. The van der Waals surface area contributed by atoms with Gasteiger partial charge in [-0.1, -0.05) is 59.6 Å². The molecule has 0 aliphatic heterocycles. The number of rotatable bonds is 25. The summed E-state index contributed by atoms with van der Waals surface area (Å²) in [7, 11) is 0. The molecule has 6 rings (SSSR count). The minimum absolute atomic E-state index is 0.0352. The first-order chi connectivity index (χ1) is 33.7. The molecule has 0 unspecified atom stereocenters. The van der Waals surface area contributed by atoms with Crippen LogP contribution in [0.1, 0.15) is 82.7 Å². The topological polar surface area (TPSA) is 198 Å². The van der Waals surface area contributed by atoms with Crippen molar-refractivity contribution in [2.24, 2.45) is 0 Å². The number of aliphatic carboxylic acids is 1. The quantitative estimate of drug-likeness (QED) is 0.0396. The van der Waals surface area contributed by atoms with Crippen LogP contribution in [0.5, 0.6) is 23.0 Å². The van der Waals surface area contributed by atoms with Gasteiger partial charge in [-0.2, -0.15) is 5.26 Å². The number of pyridine rings is 2. The minimum Gasteiger partial charge on any atom is -0.488 e. The van der Waals surface area contributed by atoms with Crippen molar-refractivity contribution in [2.45, 2.75) is 98.1 Å². The molecule has 0 radical (unpaired) electrons. The molecule has 2 heterocycles. The second-order valence-corrected chi connectivity index (χ2v) is 17.6. The van der Waals surface area contributed by atoms with E-state index in [0.717, 1.165) is 38.9 Å². The molecule has 0 aliphatic rings. The summed E-state index contributed by atoms with van der Waals surface area (Å²) in [6.07, 6.45) is 5.29. The molecule has 362 valence electrons. The highest BCUT2D eigenvalue weighted by atomic mass is 35.5. The van der Waals surface area contributed by atoms with E-state index in [2.05, 4.69) is 38.3 Å². The van der Waals surface area contributed by atoms with Gasteiger partial charge in [0.2, 0.25) is 5.69 Å². The van der Waals surface area contributed by atoms with Crippen molar-refractivity contribution in [3.05, 3.63) is 169 Å². The number of nitrogens with one attached hydrogen (secondary N) is 1. The highest BCUT2D eigenvalue weighted by Crippen LogP contribution is 2.38. The van der Waals surface area contributed by atoms with Gasteiger partial charge in [0, 0.05) is 67.6 Å². The lowest BCUT2D eigenvalue weighted by molar-refractivity contribution is -0.139. The average Bonchev–Trinajstić information content (AvgIpc) is 3.33. The number of benzene rings is 4. The van der Waals surface area contributed by atoms with Crippen LogP contribution < -0.4 is 24.3 Å². The Morgan fingerprint density at radius 3 is 1.86 bits per heavy atom. The van der Waals surface area contributed by atoms with Crippen LogP contribution in [0.25, 0.3) is 16.0 Å². The number of hydrogen-bond donors (Lipinski definition) is 4. The molecular formula is C54H53Cl2N5O9. The maximum absolute atomic E-state index is 11.5. The summed E-state index contributed by atoms with van der Waals surface area (Å²) in [5.41, 5.74) is 9.48. The molecule has 0 spiro atoms. The number of aliphatic hydroxyl groups excluding tert-OH is 2. The van der Waals surface area contributed by atoms with Gasteiger partial charge in [0.25, 0.3) is 0 Å². The van der Waals surface area contributed by atoms with Crippen LogP contribution in [0.4, 0.5) is 5.69 Å². The zero-order chi connectivity index (χ0) is 50.2. The molecule has 2 aromatic heterocycles. The number of hydrogen-bond acceptors (Lipinski definition) is 12. The number of carbonyl (C=O) groups excluding carboxylic acids is 1. The minimum atomic E-state index is -1.07. The third-order valence-electron chi connectivity index (χ3n) is 11.4. The molecule has 0 aliphatic carbocycles. The summed E-state index contributed by atoms with van der Waals surface area (Å²) in [5, 5.41) is 42.7. The van der Waals surface area contributed by atoms with E-state index in [1.807, 2.05) is 38.1 Å². The standard InChI is InChI=1S/C54H53Cl2N5O9/c1-33(62)14-45(64)28-61-26-42-18-49(56)53(21-51(42)68-29-37-15-36(22-57)23-59-24-37)70-32-41-10-7-13-47(35(41)3)46-12-6-9-40(34(46)2)31-69-52-20-50(67-30-38-16-43(58-4)27-60-25-38)39(17-48(52)55)8-5-11-44(63)19-54(65)66/h6-7,9-10,12-13,15-18,20-21,23-25,27,44-45,61,63-64H,5,8,11,14,19,26,28-32H2,1-3H3,(H,65,66)/t44-,45+/m0/s1. The average molecular weight is 987 g/mol. The Bertz CT molecular complexity index is 2710. The van der Waals surface area contributed by atoms with E-state index in [1.54, 1.807) is 48.8 Å². The Morgan fingerprint density at radius 1 is 0.729 bits per heavy atom. The Balaban J connectivity index is 1.18. The summed E-state index contributed by atoms with van der Waals surface area (Å²) >= 11 is 13.6. The molecule has 6 aromatic rings. The van der Waals surface area contributed by atoms with Crippen molar-refractivity contribution in [3.63, 3.8) is 0 Å².